The number of rotatable bonds is 2. The Morgan fingerprint density at radius 1 is 1.53 bits per heavy atom. The molecule has 0 aromatic heterocycles. The first-order valence-corrected chi connectivity index (χ1v) is 5.80. The zero-order valence-electron chi connectivity index (χ0n) is 7.89. The largest absolute Gasteiger partial charge is 0.326 e. The molecule has 2 rings (SSSR count). The molecule has 1 saturated heterocycles. The molecule has 2 N–H and O–H groups in total. The van der Waals surface area contributed by atoms with Crippen LogP contribution in [0.2, 0.25) is 5.02 Å². The molecule has 0 unspecified atom stereocenters. The number of carbonyl (C=O) groups excluding carboxylic acids is 1. The maximum absolute atomic E-state index is 11.6. The summed E-state index contributed by atoms with van der Waals surface area (Å²) in [4.78, 5) is 11.6. The Hall–Kier alpha value is -0.580. The minimum absolute atomic E-state index is 0.0583. The summed E-state index contributed by atoms with van der Waals surface area (Å²) in [6, 6.07) is 5.34. The number of carbonyl (C=O) groups is 1. The number of hydrogen-bond donors (Lipinski definition) is 2. The van der Waals surface area contributed by atoms with Crippen LogP contribution in [0.4, 0.5) is 5.69 Å². The summed E-state index contributed by atoms with van der Waals surface area (Å²) in [5.41, 5.74) is 0.767. The molecule has 5 heteroatoms. The first-order valence-electron chi connectivity index (χ1n) is 4.63. The maximum Gasteiger partial charge on any atom is 0.230 e. The third kappa shape index (κ3) is 2.51. The van der Waals surface area contributed by atoms with Gasteiger partial charge in [-0.1, -0.05) is 11.6 Å². The first kappa shape index (κ1) is 10.9. The SMILES string of the molecule is O=C(Nc1ccc(Cl)c(Br)c1)C1CNC1. The lowest BCUT2D eigenvalue weighted by molar-refractivity contribution is -0.121. The Kier molecular flexibility index (Phi) is 3.29. The molecule has 0 radical (unpaired) electrons. The summed E-state index contributed by atoms with van der Waals surface area (Å²) in [6.45, 7) is 1.53. The van der Waals surface area contributed by atoms with Crippen LogP contribution < -0.4 is 10.6 Å². The van der Waals surface area contributed by atoms with Crippen molar-refractivity contribution >= 4 is 39.1 Å². The van der Waals surface area contributed by atoms with Crippen LogP contribution in [0.5, 0.6) is 0 Å². The lowest BCUT2D eigenvalue weighted by atomic mass is 10.0. The van der Waals surface area contributed by atoms with E-state index in [1.165, 1.54) is 0 Å². The van der Waals surface area contributed by atoms with Gasteiger partial charge in [0.15, 0.2) is 0 Å². The molecule has 80 valence electrons. The average Bonchev–Trinajstić information content (AvgIpc) is 2.08. The summed E-state index contributed by atoms with van der Waals surface area (Å²) in [5.74, 6) is 0.155. The molecule has 0 atom stereocenters. The van der Waals surface area contributed by atoms with E-state index in [0.29, 0.717) is 5.02 Å². The Morgan fingerprint density at radius 3 is 2.80 bits per heavy atom. The summed E-state index contributed by atoms with van der Waals surface area (Å²) < 4.78 is 0.786. The molecule has 1 aromatic carbocycles. The molecule has 0 saturated carbocycles. The smallest absolute Gasteiger partial charge is 0.230 e. The molecule has 1 aliphatic heterocycles. The van der Waals surface area contributed by atoms with Gasteiger partial charge in [-0.05, 0) is 34.1 Å². The maximum atomic E-state index is 11.6. The summed E-state index contributed by atoms with van der Waals surface area (Å²) in [6.07, 6.45) is 0. The second kappa shape index (κ2) is 4.51. The molecule has 1 fully saturated rings. The van der Waals surface area contributed by atoms with Crippen molar-refractivity contribution in [2.75, 3.05) is 18.4 Å². The highest BCUT2D eigenvalue weighted by atomic mass is 79.9. The second-order valence-corrected chi connectivity index (χ2v) is 4.73. The van der Waals surface area contributed by atoms with Gasteiger partial charge >= 0.3 is 0 Å². The van der Waals surface area contributed by atoms with Crippen LogP contribution in [-0.2, 0) is 4.79 Å². The van der Waals surface area contributed by atoms with E-state index < -0.39 is 0 Å². The van der Waals surface area contributed by atoms with Crippen LogP contribution in [0.25, 0.3) is 0 Å². The highest BCUT2D eigenvalue weighted by molar-refractivity contribution is 9.10. The van der Waals surface area contributed by atoms with Crippen molar-refractivity contribution in [3.8, 4) is 0 Å². The molecule has 3 nitrogen and oxygen atoms in total. The van der Waals surface area contributed by atoms with Gasteiger partial charge in [-0.25, -0.2) is 0 Å². The van der Waals surface area contributed by atoms with Crippen molar-refractivity contribution in [3.05, 3.63) is 27.7 Å². The molecule has 1 amide bonds. The van der Waals surface area contributed by atoms with E-state index in [-0.39, 0.29) is 11.8 Å². The molecular formula is C10H10BrClN2O. The molecule has 0 aliphatic carbocycles. The van der Waals surface area contributed by atoms with Gasteiger partial charge in [0.05, 0.1) is 10.9 Å². The highest BCUT2D eigenvalue weighted by Gasteiger charge is 2.24. The van der Waals surface area contributed by atoms with Crippen molar-refractivity contribution in [2.24, 2.45) is 5.92 Å². The van der Waals surface area contributed by atoms with E-state index in [1.54, 1.807) is 18.2 Å². The summed E-state index contributed by atoms with van der Waals surface area (Å²) in [7, 11) is 0. The van der Waals surface area contributed by atoms with E-state index in [2.05, 4.69) is 26.6 Å². The van der Waals surface area contributed by atoms with Crippen molar-refractivity contribution in [1.82, 2.24) is 5.32 Å². The van der Waals surface area contributed by atoms with E-state index in [9.17, 15) is 4.79 Å². The number of nitrogens with one attached hydrogen (secondary N) is 2. The molecule has 1 heterocycles. The van der Waals surface area contributed by atoms with E-state index in [4.69, 9.17) is 11.6 Å². The Morgan fingerprint density at radius 2 is 2.27 bits per heavy atom. The fraction of sp³-hybridized carbons (Fsp3) is 0.300. The standard InChI is InChI=1S/C10H10BrClN2O/c11-8-3-7(1-2-9(8)12)14-10(15)6-4-13-5-6/h1-3,6,13H,4-5H2,(H,14,15). The zero-order chi connectivity index (χ0) is 10.8. The van der Waals surface area contributed by atoms with Crippen LogP contribution in [0.1, 0.15) is 0 Å². The molecule has 0 spiro atoms. The lowest BCUT2D eigenvalue weighted by Crippen LogP contribution is -2.48. The topological polar surface area (TPSA) is 41.1 Å². The van der Waals surface area contributed by atoms with Crippen LogP contribution in [0.15, 0.2) is 22.7 Å². The number of hydrogen-bond acceptors (Lipinski definition) is 2. The molecule has 1 aliphatic rings. The predicted octanol–water partition coefficient (Wildman–Crippen LogP) is 2.26. The number of benzene rings is 1. The van der Waals surface area contributed by atoms with Crippen molar-refractivity contribution < 1.29 is 4.79 Å². The minimum Gasteiger partial charge on any atom is -0.326 e. The summed E-state index contributed by atoms with van der Waals surface area (Å²) >= 11 is 9.16. The molecule has 1 aromatic rings. The minimum atomic E-state index is 0.0583. The Balaban J connectivity index is 2.03. The zero-order valence-corrected chi connectivity index (χ0v) is 10.2. The van der Waals surface area contributed by atoms with E-state index in [0.717, 1.165) is 23.2 Å². The third-order valence-corrected chi connectivity index (χ3v) is 3.55. The van der Waals surface area contributed by atoms with Crippen molar-refractivity contribution in [1.29, 1.82) is 0 Å². The number of halogens is 2. The fourth-order valence-corrected chi connectivity index (χ4v) is 1.79. The van der Waals surface area contributed by atoms with Gasteiger partial charge in [0, 0.05) is 23.2 Å². The lowest BCUT2D eigenvalue weighted by Gasteiger charge is -2.25. The third-order valence-electron chi connectivity index (χ3n) is 2.34. The Bertz CT molecular complexity index is 393. The number of amides is 1. The van der Waals surface area contributed by atoms with Gasteiger partial charge in [0.25, 0.3) is 0 Å². The van der Waals surface area contributed by atoms with Crippen molar-refractivity contribution in [3.63, 3.8) is 0 Å². The fourth-order valence-electron chi connectivity index (χ4n) is 1.29. The molecule has 15 heavy (non-hydrogen) atoms. The quantitative estimate of drug-likeness (QED) is 0.877. The number of anilines is 1. The first-order chi connectivity index (χ1) is 7.16. The van der Waals surface area contributed by atoms with E-state index >= 15 is 0 Å². The van der Waals surface area contributed by atoms with Crippen LogP contribution >= 0.6 is 27.5 Å². The average molecular weight is 290 g/mol. The molecule has 0 bridgehead atoms. The Labute approximate surface area is 101 Å². The van der Waals surface area contributed by atoms with Gasteiger partial charge in [0.2, 0.25) is 5.91 Å². The van der Waals surface area contributed by atoms with Gasteiger partial charge in [0.1, 0.15) is 0 Å². The van der Waals surface area contributed by atoms with Crippen molar-refractivity contribution in [2.45, 2.75) is 0 Å². The van der Waals surface area contributed by atoms with Gasteiger partial charge < -0.3 is 10.6 Å². The van der Waals surface area contributed by atoms with Gasteiger partial charge in [-0.2, -0.15) is 0 Å². The van der Waals surface area contributed by atoms with Crippen LogP contribution in [0, 0.1) is 5.92 Å². The van der Waals surface area contributed by atoms with E-state index in [1.807, 2.05) is 0 Å². The second-order valence-electron chi connectivity index (χ2n) is 3.47. The normalized spacial score (nSPS) is 15.9. The van der Waals surface area contributed by atoms with Gasteiger partial charge in [-0.3, -0.25) is 4.79 Å². The monoisotopic (exact) mass is 288 g/mol. The van der Waals surface area contributed by atoms with Crippen LogP contribution in [-0.4, -0.2) is 19.0 Å². The molecular weight excluding hydrogens is 279 g/mol. The van der Waals surface area contributed by atoms with Gasteiger partial charge in [-0.15, -0.1) is 0 Å². The van der Waals surface area contributed by atoms with Crippen LogP contribution in [0.3, 0.4) is 0 Å². The highest BCUT2D eigenvalue weighted by Crippen LogP contribution is 2.25. The summed E-state index contributed by atoms with van der Waals surface area (Å²) in [5, 5.41) is 6.54. The predicted molar refractivity (Wildman–Crippen MR) is 64.1 cm³/mol.